The standard InChI is InChI=1S/C21H26FN5O/c1-14-10-15(2)12-27(11-14)9-3-8-23-20-18-19(16-4-6-17(22)7-5-16)26-28-21(18)25-13-24-20/h4-7,13-15H,3,8-12H2,1-2H3,(H,23,24,25). The summed E-state index contributed by atoms with van der Waals surface area (Å²) < 4.78 is 18.6. The third kappa shape index (κ3) is 4.14. The molecule has 1 aromatic carbocycles. The number of piperidine rings is 1. The van der Waals surface area contributed by atoms with Crippen LogP contribution in [0.3, 0.4) is 0 Å². The van der Waals surface area contributed by atoms with E-state index >= 15 is 0 Å². The van der Waals surface area contributed by atoms with Crippen molar-refractivity contribution in [1.29, 1.82) is 0 Å². The van der Waals surface area contributed by atoms with Gasteiger partial charge in [0.15, 0.2) is 0 Å². The van der Waals surface area contributed by atoms with Crippen LogP contribution in [0.4, 0.5) is 10.2 Å². The van der Waals surface area contributed by atoms with Gasteiger partial charge in [0.1, 0.15) is 29.0 Å². The van der Waals surface area contributed by atoms with Crippen molar-refractivity contribution in [2.75, 3.05) is 31.5 Å². The summed E-state index contributed by atoms with van der Waals surface area (Å²) in [6.45, 7) is 8.91. The predicted molar refractivity (Wildman–Crippen MR) is 107 cm³/mol. The summed E-state index contributed by atoms with van der Waals surface area (Å²) in [4.78, 5) is 11.1. The lowest BCUT2D eigenvalue weighted by molar-refractivity contribution is 0.141. The maximum Gasteiger partial charge on any atom is 0.263 e. The van der Waals surface area contributed by atoms with Gasteiger partial charge in [0, 0.05) is 25.2 Å². The van der Waals surface area contributed by atoms with Gasteiger partial charge in [-0.3, -0.25) is 0 Å². The Hall–Kier alpha value is -2.54. The highest BCUT2D eigenvalue weighted by molar-refractivity contribution is 5.97. The van der Waals surface area contributed by atoms with Crippen LogP contribution in [-0.4, -0.2) is 46.2 Å². The van der Waals surface area contributed by atoms with Gasteiger partial charge in [-0.15, -0.1) is 0 Å². The summed E-state index contributed by atoms with van der Waals surface area (Å²) in [5.74, 6) is 1.96. The van der Waals surface area contributed by atoms with Crippen LogP contribution in [-0.2, 0) is 0 Å². The van der Waals surface area contributed by atoms with E-state index in [9.17, 15) is 4.39 Å². The number of nitrogens with one attached hydrogen (secondary N) is 1. The second kappa shape index (κ2) is 8.22. The minimum Gasteiger partial charge on any atom is -0.369 e. The molecule has 2 atom stereocenters. The lowest BCUT2D eigenvalue weighted by atomic mass is 9.92. The van der Waals surface area contributed by atoms with E-state index in [-0.39, 0.29) is 5.82 Å². The van der Waals surface area contributed by atoms with Gasteiger partial charge in [0.25, 0.3) is 5.71 Å². The number of benzene rings is 1. The first-order chi connectivity index (χ1) is 13.6. The summed E-state index contributed by atoms with van der Waals surface area (Å²) >= 11 is 0. The van der Waals surface area contributed by atoms with Gasteiger partial charge in [-0.2, -0.15) is 4.98 Å². The quantitative estimate of drug-likeness (QED) is 0.644. The van der Waals surface area contributed by atoms with Gasteiger partial charge in [-0.1, -0.05) is 19.0 Å². The van der Waals surface area contributed by atoms with E-state index in [4.69, 9.17) is 4.52 Å². The van der Waals surface area contributed by atoms with Gasteiger partial charge in [-0.05, 0) is 55.5 Å². The van der Waals surface area contributed by atoms with E-state index in [2.05, 4.69) is 39.2 Å². The summed E-state index contributed by atoms with van der Waals surface area (Å²) in [6, 6.07) is 6.19. The van der Waals surface area contributed by atoms with Crippen LogP contribution < -0.4 is 5.32 Å². The lowest BCUT2D eigenvalue weighted by Gasteiger charge is -2.34. The molecule has 0 radical (unpaired) electrons. The largest absolute Gasteiger partial charge is 0.369 e. The van der Waals surface area contributed by atoms with Crippen molar-refractivity contribution in [1.82, 2.24) is 20.0 Å². The Labute approximate surface area is 164 Å². The first kappa shape index (κ1) is 18.8. The van der Waals surface area contributed by atoms with E-state index < -0.39 is 0 Å². The first-order valence-corrected chi connectivity index (χ1v) is 9.92. The molecule has 2 aromatic heterocycles. The van der Waals surface area contributed by atoms with Crippen molar-refractivity contribution in [3.05, 3.63) is 36.4 Å². The maximum atomic E-state index is 13.2. The van der Waals surface area contributed by atoms with Crippen molar-refractivity contribution >= 4 is 16.9 Å². The van der Waals surface area contributed by atoms with Crippen LogP contribution in [0.2, 0.25) is 0 Å². The molecule has 0 aliphatic carbocycles. The molecule has 148 valence electrons. The molecule has 28 heavy (non-hydrogen) atoms. The first-order valence-electron chi connectivity index (χ1n) is 9.92. The van der Waals surface area contributed by atoms with Crippen LogP contribution in [0.15, 0.2) is 35.1 Å². The Kier molecular flexibility index (Phi) is 5.52. The Balaban J connectivity index is 1.44. The van der Waals surface area contributed by atoms with Crippen molar-refractivity contribution in [2.24, 2.45) is 11.8 Å². The summed E-state index contributed by atoms with van der Waals surface area (Å²) in [7, 11) is 0. The number of likely N-dealkylation sites (tertiary alicyclic amines) is 1. The molecule has 3 aromatic rings. The van der Waals surface area contributed by atoms with Gasteiger partial charge in [-0.25, -0.2) is 9.37 Å². The number of nitrogens with zero attached hydrogens (tertiary/aromatic N) is 4. The highest BCUT2D eigenvalue weighted by atomic mass is 19.1. The van der Waals surface area contributed by atoms with Gasteiger partial charge in [0.05, 0.1) is 0 Å². The minimum atomic E-state index is -0.285. The van der Waals surface area contributed by atoms with Crippen molar-refractivity contribution in [3.8, 4) is 11.3 Å². The molecule has 1 N–H and O–H groups in total. The number of anilines is 1. The lowest BCUT2D eigenvalue weighted by Crippen LogP contribution is -2.39. The smallest absolute Gasteiger partial charge is 0.263 e. The minimum absolute atomic E-state index is 0.285. The molecule has 0 amide bonds. The summed E-state index contributed by atoms with van der Waals surface area (Å²) in [5.41, 5.74) is 1.82. The normalized spacial score (nSPS) is 20.5. The number of halogens is 1. The van der Waals surface area contributed by atoms with E-state index in [1.54, 1.807) is 12.1 Å². The topological polar surface area (TPSA) is 67.1 Å². The number of fused-ring (bicyclic) bond motifs is 1. The van der Waals surface area contributed by atoms with Gasteiger partial charge < -0.3 is 14.7 Å². The van der Waals surface area contributed by atoms with E-state index in [0.29, 0.717) is 17.2 Å². The molecule has 1 aliphatic heterocycles. The maximum absolute atomic E-state index is 13.2. The van der Waals surface area contributed by atoms with Crippen molar-refractivity contribution < 1.29 is 8.91 Å². The molecule has 0 bridgehead atoms. The molecule has 2 unspecified atom stereocenters. The Morgan fingerprint density at radius 3 is 2.64 bits per heavy atom. The Morgan fingerprint density at radius 2 is 1.89 bits per heavy atom. The fourth-order valence-electron chi connectivity index (χ4n) is 4.21. The van der Waals surface area contributed by atoms with Gasteiger partial charge in [0.2, 0.25) is 0 Å². The monoisotopic (exact) mass is 383 g/mol. The van der Waals surface area contributed by atoms with Gasteiger partial charge >= 0.3 is 0 Å². The fourth-order valence-corrected chi connectivity index (χ4v) is 4.21. The second-order valence-electron chi connectivity index (χ2n) is 7.93. The molecule has 1 saturated heterocycles. The zero-order valence-corrected chi connectivity index (χ0v) is 16.4. The molecular weight excluding hydrogens is 357 g/mol. The fraction of sp³-hybridized carbons (Fsp3) is 0.476. The average molecular weight is 383 g/mol. The van der Waals surface area contributed by atoms with E-state index in [0.717, 1.165) is 42.3 Å². The second-order valence-corrected chi connectivity index (χ2v) is 7.93. The molecule has 7 heteroatoms. The predicted octanol–water partition coefficient (Wildman–Crippen LogP) is 4.20. The third-order valence-electron chi connectivity index (χ3n) is 5.28. The van der Waals surface area contributed by atoms with Crippen LogP contribution >= 0.6 is 0 Å². The third-order valence-corrected chi connectivity index (χ3v) is 5.28. The Morgan fingerprint density at radius 1 is 1.14 bits per heavy atom. The van der Waals surface area contributed by atoms with E-state index in [1.165, 1.54) is 38.0 Å². The molecule has 0 spiro atoms. The average Bonchev–Trinajstić information content (AvgIpc) is 3.10. The van der Waals surface area contributed by atoms with E-state index in [1.807, 2.05) is 0 Å². The number of hydrogen-bond acceptors (Lipinski definition) is 6. The summed E-state index contributed by atoms with van der Waals surface area (Å²) in [5, 5.41) is 8.26. The summed E-state index contributed by atoms with van der Waals surface area (Å²) in [6.07, 6.45) is 3.83. The molecule has 3 heterocycles. The Bertz CT molecular complexity index is 916. The number of aromatic nitrogens is 3. The zero-order valence-electron chi connectivity index (χ0n) is 16.4. The number of hydrogen-bond donors (Lipinski definition) is 1. The molecular formula is C21H26FN5O. The van der Waals surface area contributed by atoms with Crippen LogP contribution in [0.5, 0.6) is 0 Å². The molecule has 6 nitrogen and oxygen atoms in total. The van der Waals surface area contributed by atoms with Crippen LogP contribution in [0.1, 0.15) is 26.7 Å². The van der Waals surface area contributed by atoms with Crippen LogP contribution in [0, 0.1) is 17.7 Å². The molecule has 4 rings (SSSR count). The highest BCUT2D eigenvalue weighted by Crippen LogP contribution is 2.31. The van der Waals surface area contributed by atoms with Crippen molar-refractivity contribution in [2.45, 2.75) is 26.7 Å². The number of rotatable bonds is 6. The van der Waals surface area contributed by atoms with Crippen molar-refractivity contribution in [3.63, 3.8) is 0 Å². The van der Waals surface area contributed by atoms with Crippen LogP contribution in [0.25, 0.3) is 22.4 Å². The molecule has 1 aliphatic rings. The SMILES string of the molecule is CC1CC(C)CN(CCCNc2ncnc3onc(-c4ccc(F)cc4)c23)C1. The zero-order chi connectivity index (χ0) is 19.5. The molecule has 0 saturated carbocycles. The highest BCUT2D eigenvalue weighted by Gasteiger charge is 2.21. The molecule has 1 fully saturated rings.